The molecule has 5 N–H and O–H groups in total. The Labute approximate surface area is 85.4 Å². The average Bonchev–Trinajstić information content (AvgIpc) is 2.00. The van der Waals surface area contributed by atoms with Crippen LogP contribution in [0, 0.1) is 0 Å². The van der Waals surface area contributed by atoms with Gasteiger partial charge in [-0.3, -0.25) is 14.1 Å². The summed E-state index contributed by atoms with van der Waals surface area (Å²) in [6.45, 7) is 0. The monoisotopic (exact) mass is 241 g/mol. The minimum Gasteiger partial charge on any atom is -0.481 e. The van der Waals surface area contributed by atoms with Crippen LogP contribution in [0.15, 0.2) is 0 Å². The molecule has 0 fully saturated rings. The Morgan fingerprint density at radius 1 is 1.27 bits per heavy atom. The minimum absolute atomic E-state index is 0.554. The van der Waals surface area contributed by atoms with Crippen molar-refractivity contribution in [2.24, 2.45) is 5.73 Å². The summed E-state index contributed by atoms with van der Waals surface area (Å²) < 4.78 is 30.1. The molecule has 0 aromatic carbocycles. The van der Waals surface area contributed by atoms with E-state index in [9.17, 15) is 18.0 Å². The predicted molar refractivity (Wildman–Crippen MR) is 47.8 cm³/mol. The van der Waals surface area contributed by atoms with Gasteiger partial charge in [0.1, 0.15) is 11.3 Å². The van der Waals surface area contributed by atoms with Crippen LogP contribution >= 0.6 is 0 Å². The van der Waals surface area contributed by atoms with Gasteiger partial charge in [0.15, 0.2) is 0 Å². The summed E-state index contributed by atoms with van der Waals surface area (Å²) in [5.74, 6) is -2.93. The maximum Gasteiger partial charge on any atom is 0.321 e. The van der Waals surface area contributed by atoms with Crippen LogP contribution in [-0.4, -0.2) is 46.4 Å². The van der Waals surface area contributed by atoms with E-state index < -0.39 is 46.2 Å². The number of carboxylic acid groups (broad SMARTS) is 2. The van der Waals surface area contributed by atoms with Gasteiger partial charge in [0.25, 0.3) is 10.1 Å². The van der Waals surface area contributed by atoms with E-state index in [1.54, 1.807) is 0 Å². The maximum absolute atomic E-state index is 10.7. The highest BCUT2D eigenvalue weighted by Gasteiger charge is 2.34. The number of hydrogen-bond acceptors (Lipinski definition) is 5. The third-order valence-corrected chi connectivity index (χ3v) is 3.01. The predicted octanol–water partition coefficient (Wildman–Crippen LogP) is -1.48. The largest absolute Gasteiger partial charge is 0.481 e. The molecule has 0 rings (SSSR count). The Balaban J connectivity index is 4.75. The normalized spacial score (nSPS) is 15.6. The van der Waals surface area contributed by atoms with E-state index in [2.05, 4.69) is 0 Å². The lowest BCUT2D eigenvalue weighted by atomic mass is 10.1. The van der Waals surface area contributed by atoms with E-state index >= 15 is 0 Å². The summed E-state index contributed by atoms with van der Waals surface area (Å²) in [4.78, 5) is 20.5. The molecule has 0 saturated heterocycles. The molecule has 9 heteroatoms. The lowest BCUT2D eigenvalue weighted by Gasteiger charge is -2.16. The molecule has 0 aliphatic heterocycles. The highest BCUT2D eigenvalue weighted by Crippen LogP contribution is 2.11. The first kappa shape index (κ1) is 13.8. The molecule has 0 aliphatic rings. The van der Waals surface area contributed by atoms with Gasteiger partial charge in [-0.15, -0.1) is 0 Å². The quantitative estimate of drug-likeness (QED) is 0.410. The molecule has 0 radical (unpaired) electrons. The molecule has 15 heavy (non-hydrogen) atoms. The molecule has 0 saturated carbocycles. The molecule has 0 aromatic heterocycles. The summed E-state index contributed by atoms with van der Waals surface area (Å²) in [6, 6.07) is -1.85. The fraction of sp³-hybridized carbons (Fsp3) is 0.667. The van der Waals surface area contributed by atoms with E-state index in [0.29, 0.717) is 0 Å². The van der Waals surface area contributed by atoms with Crippen LogP contribution in [0.3, 0.4) is 0 Å². The Hall–Kier alpha value is -1.19. The Morgan fingerprint density at radius 2 is 1.73 bits per heavy atom. The van der Waals surface area contributed by atoms with Gasteiger partial charge in [-0.1, -0.05) is 0 Å². The summed E-state index contributed by atoms with van der Waals surface area (Å²) in [5.41, 5.74) is 5.00. The van der Waals surface area contributed by atoms with E-state index in [1.165, 1.54) is 0 Å². The zero-order chi connectivity index (χ0) is 12.2. The van der Waals surface area contributed by atoms with E-state index in [-0.39, 0.29) is 0 Å². The van der Waals surface area contributed by atoms with Crippen molar-refractivity contribution in [2.45, 2.75) is 24.1 Å². The highest BCUT2D eigenvalue weighted by atomic mass is 32.2. The molecule has 2 atom stereocenters. The second-order valence-corrected chi connectivity index (χ2v) is 4.49. The summed E-state index contributed by atoms with van der Waals surface area (Å²) in [7, 11) is -4.67. The minimum atomic E-state index is -4.67. The Bertz CT molecular complexity index is 348. The van der Waals surface area contributed by atoms with Gasteiger partial charge in [0, 0.05) is 6.42 Å². The lowest BCUT2D eigenvalue weighted by molar-refractivity contribution is -0.140. The summed E-state index contributed by atoms with van der Waals surface area (Å²) in [6.07, 6.45) is -1.15. The maximum atomic E-state index is 10.7. The van der Waals surface area contributed by atoms with Crippen molar-refractivity contribution >= 4 is 22.1 Å². The zero-order valence-electron chi connectivity index (χ0n) is 7.53. The van der Waals surface area contributed by atoms with Gasteiger partial charge in [-0.05, 0) is 6.42 Å². The SMILES string of the molecule is NC(C(=O)O)C(CCC(=O)O)S(=O)(=O)O. The lowest BCUT2D eigenvalue weighted by Crippen LogP contribution is -2.46. The number of aliphatic carboxylic acids is 2. The summed E-state index contributed by atoms with van der Waals surface area (Å²) in [5, 5.41) is 14.9. The van der Waals surface area contributed by atoms with Crippen molar-refractivity contribution in [3.05, 3.63) is 0 Å². The van der Waals surface area contributed by atoms with Gasteiger partial charge >= 0.3 is 11.9 Å². The molecular formula is C6H11NO7S. The molecule has 2 unspecified atom stereocenters. The number of rotatable bonds is 6. The van der Waals surface area contributed by atoms with Crippen molar-refractivity contribution in [3.8, 4) is 0 Å². The second kappa shape index (κ2) is 5.05. The summed E-state index contributed by atoms with van der Waals surface area (Å²) >= 11 is 0. The first-order chi connectivity index (χ1) is 6.66. The Kier molecular flexibility index (Phi) is 4.65. The zero-order valence-corrected chi connectivity index (χ0v) is 8.35. The third kappa shape index (κ3) is 4.72. The first-order valence-electron chi connectivity index (χ1n) is 3.82. The molecule has 88 valence electrons. The molecule has 0 spiro atoms. The van der Waals surface area contributed by atoms with Gasteiger partial charge < -0.3 is 15.9 Å². The van der Waals surface area contributed by atoms with Crippen LogP contribution in [0.25, 0.3) is 0 Å². The van der Waals surface area contributed by atoms with Crippen LogP contribution < -0.4 is 5.73 Å². The van der Waals surface area contributed by atoms with Crippen molar-refractivity contribution in [3.63, 3.8) is 0 Å². The number of carbonyl (C=O) groups is 2. The van der Waals surface area contributed by atoms with Gasteiger partial charge in [-0.25, -0.2) is 0 Å². The first-order valence-corrected chi connectivity index (χ1v) is 5.33. The van der Waals surface area contributed by atoms with Crippen LogP contribution in [0.5, 0.6) is 0 Å². The standard InChI is InChI=1S/C6H11NO7S/c7-5(6(10)11)3(15(12,13)14)1-2-4(8)9/h3,5H,1-2,7H2,(H,8,9)(H,10,11)(H,12,13,14). The smallest absolute Gasteiger partial charge is 0.321 e. The van der Waals surface area contributed by atoms with Crippen LogP contribution in [0.2, 0.25) is 0 Å². The van der Waals surface area contributed by atoms with Crippen LogP contribution in [0.4, 0.5) is 0 Å². The van der Waals surface area contributed by atoms with Gasteiger partial charge in [0.05, 0.1) is 0 Å². The van der Waals surface area contributed by atoms with E-state index in [4.69, 9.17) is 20.5 Å². The van der Waals surface area contributed by atoms with Crippen molar-refractivity contribution in [1.82, 2.24) is 0 Å². The molecule has 8 nitrogen and oxygen atoms in total. The topological polar surface area (TPSA) is 155 Å². The molecule has 0 aliphatic carbocycles. The molecule has 0 bridgehead atoms. The molecule has 0 amide bonds. The van der Waals surface area contributed by atoms with Gasteiger partial charge in [-0.2, -0.15) is 8.42 Å². The number of carboxylic acids is 2. The Morgan fingerprint density at radius 3 is 2.00 bits per heavy atom. The fourth-order valence-corrected chi connectivity index (χ4v) is 1.84. The van der Waals surface area contributed by atoms with E-state index in [1.807, 2.05) is 0 Å². The molecule has 0 heterocycles. The molecule has 0 aromatic rings. The third-order valence-electron chi connectivity index (χ3n) is 1.71. The van der Waals surface area contributed by atoms with Crippen LogP contribution in [-0.2, 0) is 19.7 Å². The van der Waals surface area contributed by atoms with Crippen molar-refractivity contribution < 1.29 is 32.8 Å². The number of hydrogen-bond donors (Lipinski definition) is 4. The molecular weight excluding hydrogens is 230 g/mol. The van der Waals surface area contributed by atoms with E-state index in [0.717, 1.165) is 0 Å². The second-order valence-electron chi connectivity index (χ2n) is 2.85. The van der Waals surface area contributed by atoms with Crippen molar-refractivity contribution in [2.75, 3.05) is 0 Å². The fourth-order valence-electron chi connectivity index (χ4n) is 0.939. The van der Waals surface area contributed by atoms with Crippen molar-refractivity contribution in [1.29, 1.82) is 0 Å². The average molecular weight is 241 g/mol. The highest BCUT2D eigenvalue weighted by molar-refractivity contribution is 7.86. The number of nitrogens with two attached hydrogens (primary N) is 1. The van der Waals surface area contributed by atoms with Gasteiger partial charge in [0.2, 0.25) is 0 Å². The van der Waals surface area contributed by atoms with Crippen LogP contribution in [0.1, 0.15) is 12.8 Å².